The number of ketones is 1. The van der Waals surface area contributed by atoms with Crippen molar-refractivity contribution in [2.45, 2.75) is 51.5 Å². The maximum atomic E-state index is 12.3. The normalized spacial score (nSPS) is 15.1. The minimum Gasteiger partial charge on any atom is -0.344 e. The molecule has 6 nitrogen and oxygen atoms in total. The Labute approximate surface area is 160 Å². The van der Waals surface area contributed by atoms with E-state index in [4.69, 9.17) is 4.52 Å². The highest BCUT2D eigenvalue weighted by atomic mass is 79.9. The van der Waals surface area contributed by atoms with Crippen LogP contribution in [0.1, 0.15) is 73.6 Å². The number of aromatic nitrogens is 2. The topological polar surface area (TPSA) is 85.1 Å². The fraction of sp³-hybridized carbons (Fsp3) is 0.474. The molecule has 0 bridgehead atoms. The van der Waals surface area contributed by atoms with Crippen molar-refractivity contribution in [2.75, 3.05) is 0 Å². The van der Waals surface area contributed by atoms with Gasteiger partial charge < -0.3 is 9.84 Å². The third-order valence-corrected chi connectivity index (χ3v) is 4.92. The van der Waals surface area contributed by atoms with Gasteiger partial charge in [0, 0.05) is 28.8 Å². The molecule has 0 aliphatic heterocycles. The minimum atomic E-state index is -0.342. The molecule has 1 fully saturated rings. The third-order valence-electron chi connectivity index (χ3n) is 4.39. The Morgan fingerprint density at radius 3 is 2.54 bits per heavy atom. The molecule has 1 unspecified atom stereocenters. The van der Waals surface area contributed by atoms with Crippen molar-refractivity contribution in [3.05, 3.63) is 46.0 Å². The van der Waals surface area contributed by atoms with Gasteiger partial charge >= 0.3 is 0 Å². The summed E-state index contributed by atoms with van der Waals surface area (Å²) in [5, 5.41) is 6.94. The lowest BCUT2D eigenvalue weighted by Gasteiger charge is -2.18. The Morgan fingerprint density at radius 2 is 1.92 bits per heavy atom. The first kappa shape index (κ1) is 18.8. The van der Waals surface area contributed by atoms with Crippen LogP contribution in [0.5, 0.6) is 0 Å². The SMILES string of the molecule is CC(C)C(NC(=O)CCC(=O)c1ccc(Br)cc1)c1nc(C2CC2)no1. The molecule has 26 heavy (non-hydrogen) atoms. The fourth-order valence-electron chi connectivity index (χ4n) is 2.65. The van der Waals surface area contributed by atoms with E-state index in [1.807, 2.05) is 26.0 Å². The smallest absolute Gasteiger partial charge is 0.249 e. The molecule has 1 aliphatic carbocycles. The lowest BCUT2D eigenvalue weighted by Crippen LogP contribution is -2.32. The standard InChI is InChI=1S/C19H22BrN3O3/c1-11(2)17(19-22-18(23-26-19)13-3-4-13)21-16(25)10-9-15(24)12-5-7-14(20)8-6-12/h5-8,11,13,17H,3-4,9-10H2,1-2H3,(H,21,25). The molecule has 1 aliphatic rings. The molecule has 1 saturated carbocycles. The van der Waals surface area contributed by atoms with Crippen LogP contribution in [0.4, 0.5) is 0 Å². The number of hydrogen-bond donors (Lipinski definition) is 1. The van der Waals surface area contributed by atoms with Gasteiger partial charge in [-0.2, -0.15) is 4.98 Å². The van der Waals surface area contributed by atoms with E-state index < -0.39 is 0 Å². The highest BCUT2D eigenvalue weighted by Gasteiger charge is 2.31. The zero-order valence-electron chi connectivity index (χ0n) is 14.9. The lowest BCUT2D eigenvalue weighted by atomic mass is 10.0. The van der Waals surface area contributed by atoms with E-state index in [0.717, 1.165) is 23.1 Å². The number of halogens is 1. The maximum absolute atomic E-state index is 12.3. The Kier molecular flexibility index (Phi) is 5.86. The summed E-state index contributed by atoms with van der Waals surface area (Å²) in [5.41, 5.74) is 0.604. The van der Waals surface area contributed by atoms with Gasteiger partial charge in [-0.25, -0.2) is 0 Å². The number of hydrogen-bond acceptors (Lipinski definition) is 5. The summed E-state index contributed by atoms with van der Waals surface area (Å²) in [7, 11) is 0. The average Bonchev–Trinajstić information content (AvgIpc) is 3.35. The maximum Gasteiger partial charge on any atom is 0.249 e. The Morgan fingerprint density at radius 1 is 1.23 bits per heavy atom. The number of benzene rings is 1. The van der Waals surface area contributed by atoms with Crippen molar-refractivity contribution in [1.82, 2.24) is 15.5 Å². The summed E-state index contributed by atoms with van der Waals surface area (Å²) in [4.78, 5) is 28.9. The molecule has 138 valence electrons. The molecular weight excluding hydrogens is 398 g/mol. The highest BCUT2D eigenvalue weighted by Crippen LogP contribution is 2.38. The van der Waals surface area contributed by atoms with E-state index in [1.165, 1.54) is 0 Å². The summed E-state index contributed by atoms with van der Waals surface area (Å²) in [5.74, 6) is 1.43. The summed E-state index contributed by atoms with van der Waals surface area (Å²) in [6.07, 6.45) is 2.48. The lowest BCUT2D eigenvalue weighted by molar-refractivity contribution is -0.122. The number of nitrogens with one attached hydrogen (secondary N) is 1. The molecule has 0 radical (unpaired) electrons. The van der Waals surface area contributed by atoms with Gasteiger partial charge in [0.1, 0.15) is 6.04 Å². The molecule has 1 atom stereocenters. The zero-order chi connectivity index (χ0) is 18.7. The Bertz CT molecular complexity index is 782. The first-order valence-electron chi connectivity index (χ1n) is 8.85. The van der Waals surface area contributed by atoms with Gasteiger partial charge in [0.05, 0.1) is 0 Å². The van der Waals surface area contributed by atoms with Crippen LogP contribution in [0.25, 0.3) is 0 Å². The quantitative estimate of drug-likeness (QED) is 0.648. The second-order valence-electron chi connectivity index (χ2n) is 6.98. The molecule has 1 amide bonds. The fourth-order valence-corrected chi connectivity index (χ4v) is 2.91. The number of carbonyl (C=O) groups is 2. The molecule has 1 aromatic heterocycles. The molecule has 3 rings (SSSR count). The molecule has 0 saturated heterocycles. The van der Waals surface area contributed by atoms with Gasteiger partial charge in [-0.3, -0.25) is 9.59 Å². The first-order valence-corrected chi connectivity index (χ1v) is 9.65. The largest absolute Gasteiger partial charge is 0.344 e. The Hall–Kier alpha value is -2.02. The summed E-state index contributed by atoms with van der Waals surface area (Å²) in [6, 6.07) is 6.79. The summed E-state index contributed by atoms with van der Waals surface area (Å²) < 4.78 is 6.26. The van der Waals surface area contributed by atoms with E-state index in [1.54, 1.807) is 12.1 Å². The van der Waals surface area contributed by atoms with Crippen LogP contribution in [-0.2, 0) is 4.79 Å². The summed E-state index contributed by atoms with van der Waals surface area (Å²) in [6.45, 7) is 3.97. The third kappa shape index (κ3) is 4.78. The average molecular weight is 420 g/mol. The van der Waals surface area contributed by atoms with E-state index in [2.05, 4.69) is 31.4 Å². The van der Waals surface area contributed by atoms with Crippen LogP contribution < -0.4 is 5.32 Å². The van der Waals surface area contributed by atoms with E-state index >= 15 is 0 Å². The van der Waals surface area contributed by atoms with Crippen LogP contribution in [0.15, 0.2) is 33.3 Å². The molecule has 7 heteroatoms. The van der Waals surface area contributed by atoms with Crippen molar-refractivity contribution in [1.29, 1.82) is 0 Å². The van der Waals surface area contributed by atoms with Gasteiger partial charge in [-0.1, -0.05) is 47.1 Å². The first-order chi connectivity index (χ1) is 12.4. The van der Waals surface area contributed by atoms with Crippen molar-refractivity contribution >= 4 is 27.6 Å². The molecule has 0 spiro atoms. The van der Waals surface area contributed by atoms with E-state index in [-0.39, 0.29) is 36.5 Å². The van der Waals surface area contributed by atoms with Gasteiger partial charge in [-0.15, -0.1) is 0 Å². The van der Waals surface area contributed by atoms with Crippen LogP contribution in [0.2, 0.25) is 0 Å². The van der Waals surface area contributed by atoms with Crippen LogP contribution in [0, 0.1) is 5.92 Å². The molecule has 1 aromatic carbocycles. The van der Waals surface area contributed by atoms with Crippen molar-refractivity contribution in [3.8, 4) is 0 Å². The van der Waals surface area contributed by atoms with Crippen molar-refractivity contribution < 1.29 is 14.1 Å². The van der Waals surface area contributed by atoms with Crippen LogP contribution in [0.3, 0.4) is 0 Å². The van der Waals surface area contributed by atoms with Crippen molar-refractivity contribution in [2.24, 2.45) is 5.92 Å². The monoisotopic (exact) mass is 419 g/mol. The van der Waals surface area contributed by atoms with Crippen LogP contribution >= 0.6 is 15.9 Å². The van der Waals surface area contributed by atoms with Gasteiger partial charge in [0.2, 0.25) is 11.8 Å². The molecular formula is C19H22BrN3O3. The van der Waals surface area contributed by atoms with Gasteiger partial charge in [-0.05, 0) is 30.9 Å². The number of nitrogens with zero attached hydrogens (tertiary/aromatic N) is 2. The number of rotatable bonds is 8. The van der Waals surface area contributed by atoms with E-state index in [9.17, 15) is 9.59 Å². The second-order valence-corrected chi connectivity index (χ2v) is 7.90. The van der Waals surface area contributed by atoms with E-state index in [0.29, 0.717) is 17.4 Å². The molecule has 2 aromatic rings. The number of Topliss-reactive ketones (excluding diaryl/α,β-unsaturated/α-hetero) is 1. The van der Waals surface area contributed by atoms with Gasteiger partial charge in [0.15, 0.2) is 11.6 Å². The molecule has 1 heterocycles. The van der Waals surface area contributed by atoms with Crippen LogP contribution in [-0.4, -0.2) is 21.8 Å². The predicted octanol–water partition coefficient (Wildman–Crippen LogP) is 4.19. The summed E-state index contributed by atoms with van der Waals surface area (Å²) >= 11 is 3.34. The Balaban J connectivity index is 1.55. The molecule has 1 N–H and O–H groups in total. The number of amides is 1. The second kappa shape index (κ2) is 8.12. The number of carbonyl (C=O) groups excluding carboxylic acids is 2. The predicted molar refractivity (Wildman–Crippen MR) is 99.7 cm³/mol. The minimum absolute atomic E-state index is 0.0532. The zero-order valence-corrected chi connectivity index (χ0v) is 16.5. The van der Waals surface area contributed by atoms with Crippen molar-refractivity contribution in [3.63, 3.8) is 0 Å². The van der Waals surface area contributed by atoms with Gasteiger partial charge in [0.25, 0.3) is 0 Å². The highest BCUT2D eigenvalue weighted by molar-refractivity contribution is 9.10.